The van der Waals surface area contributed by atoms with Gasteiger partial charge in [-0.05, 0) is 46.8 Å². The molecule has 34 heavy (non-hydrogen) atoms. The first-order chi connectivity index (χ1) is 15.8. The standard InChI is InChI=1S/C24H15ClFNO5S.Na/c25-21-11-17(26)5-4-16(21)13-32-22-7-6-18(27(30)31)12-20(22)19-8-9-33-23(19)14-2-1-3-15(10-14)24(28)29;/h1-12H,13H2,(H,28,29);/q;+1/p-1. The van der Waals surface area contributed by atoms with Gasteiger partial charge in [-0.15, -0.1) is 11.3 Å². The molecule has 0 radical (unpaired) electrons. The maximum Gasteiger partial charge on any atom is 1.00 e. The van der Waals surface area contributed by atoms with E-state index in [0.717, 1.165) is 0 Å². The number of benzene rings is 3. The SMILES string of the molecule is O=C([O-])c1cccc(-c2sccc2-c2cc([N+](=O)[O-])ccc2OCc2ccc(F)cc2Cl)c1.[Na+]. The molecule has 0 saturated heterocycles. The second kappa shape index (κ2) is 11.1. The van der Waals surface area contributed by atoms with Crippen molar-refractivity contribution in [2.45, 2.75) is 6.61 Å². The van der Waals surface area contributed by atoms with Crippen LogP contribution in [0, 0.1) is 15.9 Å². The zero-order valence-corrected chi connectivity index (χ0v) is 21.4. The molecule has 0 aliphatic rings. The Bertz CT molecular complexity index is 1380. The molecule has 0 N–H and O–H groups in total. The van der Waals surface area contributed by atoms with E-state index in [1.807, 2.05) is 0 Å². The van der Waals surface area contributed by atoms with E-state index >= 15 is 0 Å². The average Bonchev–Trinajstić information content (AvgIpc) is 3.28. The van der Waals surface area contributed by atoms with Gasteiger partial charge in [0.15, 0.2) is 0 Å². The van der Waals surface area contributed by atoms with Crippen LogP contribution in [-0.2, 0) is 6.61 Å². The summed E-state index contributed by atoms with van der Waals surface area (Å²) in [4.78, 5) is 22.9. The van der Waals surface area contributed by atoms with Crippen LogP contribution in [0.15, 0.2) is 72.1 Å². The van der Waals surface area contributed by atoms with Crippen molar-refractivity contribution in [2.75, 3.05) is 0 Å². The maximum absolute atomic E-state index is 13.3. The molecule has 3 aromatic carbocycles. The average molecular weight is 506 g/mol. The molecule has 0 aliphatic heterocycles. The minimum Gasteiger partial charge on any atom is -0.545 e. The zero-order valence-electron chi connectivity index (χ0n) is 17.8. The number of halogens is 2. The third-order valence-electron chi connectivity index (χ3n) is 4.89. The van der Waals surface area contributed by atoms with Gasteiger partial charge in [0.05, 0.1) is 15.9 Å². The van der Waals surface area contributed by atoms with Crippen molar-refractivity contribution in [1.29, 1.82) is 0 Å². The molecular weight excluding hydrogens is 492 g/mol. The summed E-state index contributed by atoms with van der Waals surface area (Å²) >= 11 is 7.44. The summed E-state index contributed by atoms with van der Waals surface area (Å²) in [5.41, 5.74) is 2.17. The van der Waals surface area contributed by atoms with Crippen molar-refractivity contribution in [3.63, 3.8) is 0 Å². The Hall–Kier alpha value is -2.75. The number of nitro benzene ring substituents is 1. The summed E-state index contributed by atoms with van der Waals surface area (Å²) in [6.07, 6.45) is 0. The van der Waals surface area contributed by atoms with E-state index in [1.54, 1.807) is 23.6 Å². The summed E-state index contributed by atoms with van der Waals surface area (Å²) < 4.78 is 19.3. The van der Waals surface area contributed by atoms with E-state index in [0.29, 0.717) is 32.9 Å². The van der Waals surface area contributed by atoms with E-state index in [1.165, 1.54) is 59.9 Å². The molecule has 0 aliphatic carbocycles. The number of rotatable bonds is 7. The Morgan fingerprint density at radius 3 is 2.56 bits per heavy atom. The van der Waals surface area contributed by atoms with Crippen molar-refractivity contribution >= 4 is 34.6 Å². The number of nitrogens with zero attached hydrogens (tertiary/aromatic N) is 1. The third-order valence-corrected chi connectivity index (χ3v) is 6.20. The number of thiophene rings is 1. The molecule has 1 heterocycles. The first kappa shape index (κ1) is 25.9. The molecule has 0 spiro atoms. The van der Waals surface area contributed by atoms with Crippen LogP contribution in [0.5, 0.6) is 5.75 Å². The second-order valence-corrected chi connectivity index (χ2v) is 8.32. The van der Waals surface area contributed by atoms with Gasteiger partial charge in [-0.25, -0.2) is 4.39 Å². The Balaban J connectivity index is 0.00000324. The largest absolute Gasteiger partial charge is 1.00 e. The Labute approximate surface area is 225 Å². The van der Waals surface area contributed by atoms with Gasteiger partial charge in [-0.1, -0.05) is 35.9 Å². The number of carbonyl (C=O) groups excluding carboxylic acids is 1. The van der Waals surface area contributed by atoms with Crippen LogP contribution in [0.1, 0.15) is 15.9 Å². The minimum atomic E-state index is -1.30. The van der Waals surface area contributed by atoms with Crippen LogP contribution >= 0.6 is 22.9 Å². The Kier molecular flexibility index (Phi) is 8.46. The summed E-state index contributed by atoms with van der Waals surface area (Å²) in [6, 6.07) is 16.2. The number of carboxylic acids is 1. The van der Waals surface area contributed by atoms with Gasteiger partial charge in [0, 0.05) is 33.7 Å². The molecule has 0 amide bonds. The molecule has 0 fully saturated rings. The number of nitro groups is 1. The van der Waals surface area contributed by atoms with E-state index in [-0.39, 0.29) is 52.4 Å². The van der Waals surface area contributed by atoms with Crippen LogP contribution in [0.2, 0.25) is 5.02 Å². The summed E-state index contributed by atoms with van der Waals surface area (Å²) in [5.74, 6) is -1.41. The van der Waals surface area contributed by atoms with Gasteiger partial charge in [0.25, 0.3) is 5.69 Å². The third kappa shape index (κ3) is 5.65. The topological polar surface area (TPSA) is 92.5 Å². The normalized spacial score (nSPS) is 10.4. The summed E-state index contributed by atoms with van der Waals surface area (Å²) in [7, 11) is 0. The number of hydrogen-bond acceptors (Lipinski definition) is 6. The molecular formula is C24H14ClFNNaO5S. The van der Waals surface area contributed by atoms with Crippen molar-refractivity contribution in [3.8, 4) is 27.3 Å². The summed E-state index contributed by atoms with van der Waals surface area (Å²) in [5, 5.41) is 24.7. The first-order valence-corrected chi connectivity index (χ1v) is 10.8. The number of ether oxygens (including phenoxy) is 1. The molecule has 6 nitrogen and oxygen atoms in total. The van der Waals surface area contributed by atoms with Gasteiger partial charge in [0.2, 0.25) is 0 Å². The minimum absolute atomic E-state index is 0. The molecule has 0 atom stereocenters. The molecule has 166 valence electrons. The predicted octanol–water partition coefficient (Wildman–Crippen LogP) is 2.73. The Morgan fingerprint density at radius 1 is 1.06 bits per heavy atom. The van der Waals surface area contributed by atoms with E-state index in [9.17, 15) is 24.4 Å². The molecule has 0 unspecified atom stereocenters. The van der Waals surface area contributed by atoms with Crippen molar-refractivity contribution in [2.24, 2.45) is 0 Å². The van der Waals surface area contributed by atoms with Gasteiger partial charge in [-0.2, -0.15) is 0 Å². The van der Waals surface area contributed by atoms with Crippen LogP contribution in [-0.4, -0.2) is 10.9 Å². The van der Waals surface area contributed by atoms with Gasteiger partial charge in [-0.3, -0.25) is 10.1 Å². The zero-order chi connectivity index (χ0) is 23.5. The number of non-ortho nitro benzene ring substituents is 1. The molecule has 1 aromatic heterocycles. The monoisotopic (exact) mass is 505 g/mol. The fourth-order valence-electron chi connectivity index (χ4n) is 3.29. The quantitative estimate of drug-likeness (QED) is 0.219. The van der Waals surface area contributed by atoms with Crippen LogP contribution in [0.3, 0.4) is 0 Å². The molecule has 4 aromatic rings. The fourth-order valence-corrected chi connectivity index (χ4v) is 4.42. The van der Waals surface area contributed by atoms with Crippen LogP contribution in [0.25, 0.3) is 21.6 Å². The van der Waals surface area contributed by atoms with Gasteiger partial charge >= 0.3 is 29.6 Å². The predicted molar refractivity (Wildman–Crippen MR) is 122 cm³/mol. The number of carbonyl (C=O) groups is 1. The number of carboxylic acid groups (broad SMARTS) is 1. The number of aromatic carboxylic acids is 1. The van der Waals surface area contributed by atoms with Crippen molar-refractivity contribution in [1.82, 2.24) is 0 Å². The van der Waals surface area contributed by atoms with E-state index in [2.05, 4.69) is 0 Å². The van der Waals surface area contributed by atoms with Crippen molar-refractivity contribution in [3.05, 3.63) is 104 Å². The molecule has 0 saturated carbocycles. The second-order valence-electron chi connectivity index (χ2n) is 6.99. The number of hydrogen-bond donors (Lipinski definition) is 0. The first-order valence-electron chi connectivity index (χ1n) is 9.58. The maximum atomic E-state index is 13.3. The van der Waals surface area contributed by atoms with Crippen LogP contribution < -0.4 is 39.4 Å². The molecule has 4 rings (SSSR count). The van der Waals surface area contributed by atoms with Crippen LogP contribution in [0.4, 0.5) is 10.1 Å². The van der Waals surface area contributed by atoms with E-state index in [4.69, 9.17) is 16.3 Å². The fraction of sp³-hybridized carbons (Fsp3) is 0.0417. The van der Waals surface area contributed by atoms with Crippen molar-refractivity contribution < 1.29 is 53.5 Å². The smallest absolute Gasteiger partial charge is 0.545 e. The van der Waals surface area contributed by atoms with Gasteiger partial charge < -0.3 is 14.6 Å². The Morgan fingerprint density at radius 2 is 1.85 bits per heavy atom. The molecule has 0 bridgehead atoms. The molecule has 10 heteroatoms. The van der Waals surface area contributed by atoms with Gasteiger partial charge in [0.1, 0.15) is 18.2 Å². The summed E-state index contributed by atoms with van der Waals surface area (Å²) in [6.45, 7) is 0.0174. The van der Waals surface area contributed by atoms with E-state index < -0.39 is 16.7 Å².